The lowest BCUT2D eigenvalue weighted by molar-refractivity contribution is 0.0697. The number of aromatic carboxylic acids is 1. The van der Waals surface area contributed by atoms with Crippen LogP contribution in [0.4, 0.5) is 5.69 Å². The molecule has 3 nitrogen and oxygen atoms in total. The molecule has 15 heavy (non-hydrogen) atoms. The fraction of sp³-hybridized carbons (Fsp3) is 0.364. The molecule has 0 saturated heterocycles. The summed E-state index contributed by atoms with van der Waals surface area (Å²) >= 11 is 5.78. The smallest absolute Gasteiger partial charge is 0.337 e. The van der Waals surface area contributed by atoms with Gasteiger partial charge in [0.25, 0.3) is 0 Å². The van der Waals surface area contributed by atoms with Gasteiger partial charge in [-0.2, -0.15) is 0 Å². The van der Waals surface area contributed by atoms with Gasteiger partial charge in [0.1, 0.15) is 0 Å². The Bertz CT molecular complexity index is 362. The molecule has 0 atom stereocenters. The maximum atomic E-state index is 10.9. The highest BCUT2D eigenvalue weighted by Gasteiger charge is 2.11. The minimum absolute atomic E-state index is 0.154. The van der Waals surface area contributed by atoms with Crippen LogP contribution in [0.5, 0.6) is 0 Å². The van der Waals surface area contributed by atoms with Gasteiger partial charge in [-0.25, -0.2) is 4.79 Å². The predicted molar refractivity (Wildman–Crippen MR) is 62.0 cm³/mol. The maximum Gasteiger partial charge on any atom is 0.337 e. The molecular formula is C11H14ClNO2. The Morgan fingerprint density at radius 3 is 2.47 bits per heavy atom. The van der Waals surface area contributed by atoms with Crippen molar-refractivity contribution < 1.29 is 9.90 Å². The highest BCUT2D eigenvalue weighted by Crippen LogP contribution is 2.23. The Morgan fingerprint density at radius 1 is 1.40 bits per heavy atom. The molecule has 0 saturated carbocycles. The zero-order valence-corrected chi connectivity index (χ0v) is 9.58. The molecule has 1 N–H and O–H groups in total. The van der Waals surface area contributed by atoms with Crippen molar-refractivity contribution >= 4 is 23.3 Å². The van der Waals surface area contributed by atoms with Gasteiger partial charge in [0.15, 0.2) is 0 Å². The van der Waals surface area contributed by atoms with E-state index < -0.39 is 5.97 Å². The molecule has 0 bridgehead atoms. The highest BCUT2D eigenvalue weighted by molar-refractivity contribution is 6.33. The third-order valence-corrected chi connectivity index (χ3v) is 2.64. The van der Waals surface area contributed by atoms with Crippen LogP contribution in [0.15, 0.2) is 18.2 Å². The van der Waals surface area contributed by atoms with E-state index in [-0.39, 0.29) is 10.6 Å². The van der Waals surface area contributed by atoms with Gasteiger partial charge in [0.2, 0.25) is 0 Å². The number of rotatable bonds is 4. The zero-order valence-electron chi connectivity index (χ0n) is 8.83. The number of nitrogens with zero attached hydrogens (tertiary/aromatic N) is 1. The minimum Gasteiger partial charge on any atom is -0.478 e. The van der Waals surface area contributed by atoms with Crippen molar-refractivity contribution in [2.24, 2.45) is 0 Å². The molecule has 0 aromatic heterocycles. The number of hydrogen-bond acceptors (Lipinski definition) is 2. The Kier molecular flexibility index (Phi) is 3.97. The van der Waals surface area contributed by atoms with Crippen LogP contribution in [0, 0.1) is 0 Å². The second-order valence-electron chi connectivity index (χ2n) is 3.14. The quantitative estimate of drug-likeness (QED) is 0.860. The number of carboxylic acids is 1. The van der Waals surface area contributed by atoms with E-state index in [1.165, 1.54) is 0 Å². The van der Waals surface area contributed by atoms with Crippen LogP contribution >= 0.6 is 11.6 Å². The molecule has 1 aromatic carbocycles. The Hall–Kier alpha value is -1.22. The Labute approximate surface area is 94.3 Å². The standard InChI is InChI=1S/C11H14ClNO2/c1-3-13(4-2)8-5-6-10(12)9(7-8)11(14)15/h5-7H,3-4H2,1-2H3,(H,14,15). The molecular weight excluding hydrogens is 214 g/mol. The third kappa shape index (κ3) is 2.63. The maximum absolute atomic E-state index is 10.9. The van der Waals surface area contributed by atoms with Gasteiger partial charge in [0.05, 0.1) is 10.6 Å². The number of anilines is 1. The summed E-state index contributed by atoms with van der Waals surface area (Å²) in [6.07, 6.45) is 0. The molecule has 1 aromatic rings. The number of benzene rings is 1. The van der Waals surface area contributed by atoms with Crippen LogP contribution in [-0.2, 0) is 0 Å². The second-order valence-corrected chi connectivity index (χ2v) is 3.55. The predicted octanol–water partition coefficient (Wildman–Crippen LogP) is 2.88. The SMILES string of the molecule is CCN(CC)c1ccc(Cl)c(C(=O)O)c1. The van der Waals surface area contributed by atoms with Gasteiger partial charge >= 0.3 is 5.97 Å². The van der Waals surface area contributed by atoms with E-state index in [9.17, 15) is 4.79 Å². The van der Waals surface area contributed by atoms with Crippen molar-refractivity contribution in [3.05, 3.63) is 28.8 Å². The van der Waals surface area contributed by atoms with Crippen molar-refractivity contribution in [1.82, 2.24) is 0 Å². The topological polar surface area (TPSA) is 40.5 Å². The lowest BCUT2D eigenvalue weighted by atomic mass is 10.2. The van der Waals surface area contributed by atoms with Gasteiger partial charge in [-0.15, -0.1) is 0 Å². The first-order valence-corrected chi connectivity index (χ1v) is 5.25. The molecule has 0 aliphatic heterocycles. The number of carbonyl (C=O) groups is 1. The van der Waals surface area contributed by atoms with E-state index in [4.69, 9.17) is 16.7 Å². The summed E-state index contributed by atoms with van der Waals surface area (Å²) in [7, 11) is 0. The first kappa shape index (κ1) is 11.9. The van der Waals surface area contributed by atoms with Crippen molar-refractivity contribution in [1.29, 1.82) is 0 Å². The van der Waals surface area contributed by atoms with Crippen LogP contribution in [0.3, 0.4) is 0 Å². The fourth-order valence-corrected chi connectivity index (χ4v) is 1.66. The van der Waals surface area contributed by atoms with Gasteiger partial charge in [0, 0.05) is 18.8 Å². The van der Waals surface area contributed by atoms with E-state index in [1.807, 2.05) is 19.9 Å². The van der Waals surface area contributed by atoms with Gasteiger partial charge in [-0.1, -0.05) is 11.6 Å². The summed E-state index contributed by atoms with van der Waals surface area (Å²) in [6.45, 7) is 5.74. The summed E-state index contributed by atoms with van der Waals surface area (Å²) in [5.74, 6) is -0.992. The molecule has 0 spiro atoms. The summed E-state index contributed by atoms with van der Waals surface area (Å²) < 4.78 is 0. The molecule has 1 rings (SSSR count). The Morgan fingerprint density at radius 2 is 2.00 bits per heavy atom. The highest BCUT2D eigenvalue weighted by atomic mass is 35.5. The van der Waals surface area contributed by atoms with Crippen LogP contribution < -0.4 is 4.90 Å². The molecule has 4 heteroatoms. The van der Waals surface area contributed by atoms with Crippen molar-refractivity contribution in [2.75, 3.05) is 18.0 Å². The monoisotopic (exact) mass is 227 g/mol. The van der Waals surface area contributed by atoms with Gasteiger partial charge in [-0.05, 0) is 32.0 Å². The van der Waals surface area contributed by atoms with Crippen LogP contribution in [-0.4, -0.2) is 24.2 Å². The lowest BCUT2D eigenvalue weighted by Gasteiger charge is -2.21. The summed E-state index contributed by atoms with van der Waals surface area (Å²) in [4.78, 5) is 12.9. The molecule has 0 aliphatic carbocycles. The molecule has 0 unspecified atom stereocenters. The van der Waals surface area contributed by atoms with Crippen molar-refractivity contribution in [2.45, 2.75) is 13.8 Å². The second kappa shape index (κ2) is 5.03. The van der Waals surface area contributed by atoms with E-state index in [0.29, 0.717) is 0 Å². The fourth-order valence-electron chi connectivity index (χ4n) is 1.46. The summed E-state index contributed by atoms with van der Waals surface area (Å²) in [5.41, 5.74) is 1.04. The zero-order chi connectivity index (χ0) is 11.4. The average Bonchev–Trinajstić information content (AvgIpc) is 2.21. The van der Waals surface area contributed by atoms with E-state index >= 15 is 0 Å². The lowest BCUT2D eigenvalue weighted by Crippen LogP contribution is -2.22. The first-order chi connectivity index (χ1) is 7.10. The Balaban J connectivity index is 3.11. The number of carboxylic acid groups (broad SMARTS) is 1. The van der Waals surface area contributed by atoms with Crippen LogP contribution in [0.25, 0.3) is 0 Å². The number of halogens is 1. The van der Waals surface area contributed by atoms with E-state index in [2.05, 4.69) is 4.90 Å². The molecule has 82 valence electrons. The van der Waals surface area contributed by atoms with E-state index in [1.54, 1.807) is 12.1 Å². The molecule has 0 fully saturated rings. The molecule has 0 radical (unpaired) electrons. The average molecular weight is 228 g/mol. The van der Waals surface area contributed by atoms with Crippen LogP contribution in [0.2, 0.25) is 5.02 Å². The normalized spacial score (nSPS) is 10.1. The molecule has 0 aliphatic rings. The minimum atomic E-state index is -0.992. The molecule has 0 amide bonds. The van der Waals surface area contributed by atoms with Gasteiger partial charge in [-0.3, -0.25) is 0 Å². The van der Waals surface area contributed by atoms with E-state index in [0.717, 1.165) is 18.8 Å². The number of hydrogen-bond donors (Lipinski definition) is 1. The van der Waals surface area contributed by atoms with Crippen molar-refractivity contribution in [3.8, 4) is 0 Å². The molecule has 0 heterocycles. The van der Waals surface area contributed by atoms with Gasteiger partial charge < -0.3 is 10.0 Å². The first-order valence-electron chi connectivity index (χ1n) is 4.88. The summed E-state index contributed by atoms with van der Waals surface area (Å²) in [5, 5.41) is 9.19. The summed E-state index contributed by atoms with van der Waals surface area (Å²) in [6, 6.07) is 5.07. The third-order valence-electron chi connectivity index (χ3n) is 2.31. The van der Waals surface area contributed by atoms with Crippen molar-refractivity contribution in [3.63, 3.8) is 0 Å². The van der Waals surface area contributed by atoms with Crippen LogP contribution in [0.1, 0.15) is 24.2 Å². The largest absolute Gasteiger partial charge is 0.478 e.